The van der Waals surface area contributed by atoms with E-state index in [4.69, 9.17) is 23.2 Å². The Hall–Kier alpha value is -0.680. The maximum absolute atomic E-state index is 13.9. The van der Waals surface area contributed by atoms with Gasteiger partial charge in [0.1, 0.15) is 11.6 Å². The molecule has 0 heterocycles. The van der Waals surface area contributed by atoms with Crippen molar-refractivity contribution < 1.29 is 13.9 Å². The van der Waals surface area contributed by atoms with Gasteiger partial charge in [-0.1, -0.05) is 29.3 Å². The van der Waals surface area contributed by atoms with Gasteiger partial charge in [-0.15, -0.1) is 0 Å². The van der Waals surface area contributed by atoms with Crippen LogP contribution in [0.1, 0.15) is 17.2 Å². The lowest BCUT2D eigenvalue weighted by Gasteiger charge is -2.14. The summed E-state index contributed by atoms with van der Waals surface area (Å²) in [5.74, 6) is -1.44. The first-order valence-corrected chi connectivity index (χ1v) is 7.20. The summed E-state index contributed by atoms with van der Waals surface area (Å²) in [7, 11) is 0. The molecule has 2 aromatic rings. The first-order valence-electron chi connectivity index (χ1n) is 5.65. The van der Waals surface area contributed by atoms with E-state index in [2.05, 4.69) is 15.9 Å². The van der Waals surface area contributed by atoms with Crippen molar-refractivity contribution >= 4 is 39.1 Å². The van der Waals surface area contributed by atoms with Gasteiger partial charge in [-0.2, -0.15) is 0 Å². The van der Waals surface area contributed by atoms with Crippen molar-refractivity contribution in [1.29, 1.82) is 0 Å². The molecule has 0 fully saturated rings. The van der Waals surface area contributed by atoms with Gasteiger partial charge < -0.3 is 5.11 Å². The van der Waals surface area contributed by atoms with E-state index in [1.54, 1.807) is 6.07 Å². The third kappa shape index (κ3) is 3.31. The second-order valence-corrected chi connectivity index (χ2v) is 5.91. The quantitative estimate of drug-likeness (QED) is 0.714. The molecule has 0 radical (unpaired) electrons. The van der Waals surface area contributed by atoms with Crippen LogP contribution < -0.4 is 0 Å². The molecule has 0 aliphatic carbocycles. The van der Waals surface area contributed by atoms with Crippen LogP contribution in [0.15, 0.2) is 34.8 Å². The van der Waals surface area contributed by atoms with Crippen LogP contribution in [-0.4, -0.2) is 5.11 Å². The molecule has 0 aliphatic rings. The molecule has 0 aliphatic heterocycles. The van der Waals surface area contributed by atoms with Crippen molar-refractivity contribution in [1.82, 2.24) is 0 Å². The van der Waals surface area contributed by atoms with Gasteiger partial charge in [0, 0.05) is 22.0 Å². The molecule has 1 nitrogen and oxygen atoms in total. The Kier molecular flexibility index (Phi) is 5.02. The Morgan fingerprint density at radius 2 is 1.85 bits per heavy atom. The van der Waals surface area contributed by atoms with Crippen LogP contribution in [0.5, 0.6) is 0 Å². The fourth-order valence-electron chi connectivity index (χ4n) is 1.83. The monoisotopic (exact) mass is 380 g/mol. The summed E-state index contributed by atoms with van der Waals surface area (Å²) in [6, 6.07) is 6.96. The molecule has 0 saturated heterocycles. The van der Waals surface area contributed by atoms with Crippen LogP contribution in [0.4, 0.5) is 8.78 Å². The Bertz CT molecular complexity index is 649. The standard InChI is InChI=1S/C14H9BrCl2F2O/c15-10-3-4-12(18)9(14(10)19)6-13(20)8-2-1-7(16)5-11(8)17/h1-5,13,20H,6H2. The minimum Gasteiger partial charge on any atom is -0.388 e. The molecule has 6 heteroatoms. The van der Waals surface area contributed by atoms with E-state index in [0.717, 1.165) is 6.07 Å². The molecule has 2 aromatic carbocycles. The predicted molar refractivity (Wildman–Crippen MR) is 79.2 cm³/mol. The molecule has 1 unspecified atom stereocenters. The maximum Gasteiger partial charge on any atom is 0.143 e. The van der Waals surface area contributed by atoms with Crippen LogP contribution in [0.2, 0.25) is 10.0 Å². The van der Waals surface area contributed by atoms with Crippen LogP contribution >= 0.6 is 39.1 Å². The summed E-state index contributed by atoms with van der Waals surface area (Å²) in [5.41, 5.74) is 0.174. The fraction of sp³-hybridized carbons (Fsp3) is 0.143. The molecule has 0 bridgehead atoms. The van der Waals surface area contributed by atoms with Crippen molar-refractivity contribution in [2.75, 3.05) is 0 Å². The normalized spacial score (nSPS) is 12.5. The highest BCUT2D eigenvalue weighted by Gasteiger charge is 2.19. The maximum atomic E-state index is 13.9. The summed E-state index contributed by atoms with van der Waals surface area (Å²) in [6.45, 7) is 0. The predicted octanol–water partition coefficient (Wildman–Crippen LogP) is 5.31. The van der Waals surface area contributed by atoms with E-state index in [1.807, 2.05) is 0 Å². The van der Waals surface area contributed by atoms with Gasteiger partial charge in [-0.25, -0.2) is 8.78 Å². The highest BCUT2D eigenvalue weighted by molar-refractivity contribution is 9.10. The average molecular weight is 382 g/mol. The van der Waals surface area contributed by atoms with E-state index in [1.165, 1.54) is 18.2 Å². The van der Waals surface area contributed by atoms with Crippen molar-refractivity contribution in [3.05, 3.63) is 67.6 Å². The van der Waals surface area contributed by atoms with Gasteiger partial charge in [-0.3, -0.25) is 0 Å². The van der Waals surface area contributed by atoms with Gasteiger partial charge in [0.2, 0.25) is 0 Å². The zero-order valence-electron chi connectivity index (χ0n) is 10.0. The van der Waals surface area contributed by atoms with E-state index in [-0.39, 0.29) is 21.5 Å². The highest BCUT2D eigenvalue weighted by atomic mass is 79.9. The lowest BCUT2D eigenvalue weighted by Crippen LogP contribution is -2.07. The minimum absolute atomic E-state index is 0.142. The number of rotatable bonds is 3. The molecule has 0 aromatic heterocycles. The summed E-state index contributed by atoms with van der Waals surface area (Å²) in [6.07, 6.45) is -1.35. The SMILES string of the molecule is OC(Cc1c(F)ccc(Br)c1F)c1ccc(Cl)cc1Cl. The second-order valence-electron chi connectivity index (χ2n) is 4.21. The number of aliphatic hydroxyl groups excluding tert-OH is 1. The van der Waals surface area contributed by atoms with E-state index in [0.29, 0.717) is 10.6 Å². The molecular formula is C14H9BrCl2F2O. The van der Waals surface area contributed by atoms with Gasteiger partial charge in [0.05, 0.1) is 10.6 Å². The molecule has 0 spiro atoms. The Morgan fingerprint density at radius 1 is 1.15 bits per heavy atom. The number of hydrogen-bond donors (Lipinski definition) is 1. The first kappa shape index (κ1) is 15.7. The van der Waals surface area contributed by atoms with Crippen molar-refractivity contribution in [3.63, 3.8) is 0 Å². The second kappa shape index (κ2) is 6.39. The Morgan fingerprint density at radius 3 is 2.50 bits per heavy atom. The highest BCUT2D eigenvalue weighted by Crippen LogP contribution is 2.31. The van der Waals surface area contributed by atoms with Crippen LogP contribution in [-0.2, 0) is 6.42 Å². The number of benzene rings is 2. The lowest BCUT2D eigenvalue weighted by molar-refractivity contribution is 0.175. The number of hydrogen-bond acceptors (Lipinski definition) is 1. The van der Waals surface area contributed by atoms with Gasteiger partial charge in [0.25, 0.3) is 0 Å². The number of halogens is 5. The zero-order valence-corrected chi connectivity index (χ0v) is 13.1. The molecule has 0 amide bonds. The van der Waals surface area contributed by atoms with Crippen LogP contribution in [0.25, 0.3) is 0 Å². The molecule has 1 atom stereocenters. The zero-order chi connectivity index (χ0) is 14.9. The third-order valence-electron chi connectivity index (χ3n) is 2.86. The summed E-state index contributed by atoms with van der Waals surface area (Å²) in [5, 5.41) is 10.8. The van der Waals surface area contributed by atoms with Gasteiger partial charge in [0.15, 0.2) is 0 Å². The topological polar surface area (TPSA) is 20.2 Å². The lowest BCUT2D eigenvalue weighted by atomic mass is 10.0. The number of aliphatic hydroxyl groups is 1. The molecule has 106 valence electrons. The molecular weight excluding hydrogens is 373 g/mol. The summed E-state index contributed by atoms with van der Waals surface area (Å²) >= 11 is 14.7. The largest absolute Gasteiger partial charge is 0.388 e. The Labute approximate surface area is 133 Å². The van der Waals surface area contributed by atoms with Gasteiger partial charge >= 0.3 is 0 Å². The summed E-state index contributed by atoms with van der Waals surface area (Å²) < 4.78 is 27.6. The van der Waals surface area contributed by atoms with Crippen molar-refractivity contribution in [2.24, 2.45) is 0 Å². The average Bonchev–Trinajstić information content (AvgIpc) is 2.39. The fourth-order valence-corrected chi connectivity index (χ4v) is 2.74. The smallest absolute Gasteiger partial charge is 0.143 e. The molecule has 2 rings (SSSR count). The van der Waals surface area contributed by atoms with E-state index in [9.17, 15) is 13.9 Å². The summed E-state index contributed by atoms with van der Waals surface area (Å²) in [4.78, 5) is 0. The molecule has 20 heavy (non-hydrogen) atoms. The first-order chi connectivity index (χ1) is 9.40. The third-order valence-corrected chi connectivity index (χ3v) is 4.03. The van der Waals surface area contributed by atoms with Crippen LogP contribution in [0.3, 0.4) is 0 Å². The van der Waals surface area contributed by atoms with Crippen molar-refractivity contribution in [3.8, 4) is 0 Å². The van der Waals surface area contributed by atoms with Crippen molar-refractivity contribution in [2.45, 2.75) is 12.5 Å². The Balaban J connectivity index is 2.32. The van der Waals surface area contributed by atoms with Gasteiger partial charge in [-0.05, 0) is 45.8 Å². The molecule has 0 saturated carbocycles. The van der Waals surface area contributed by atoms with E-state index < -0.39 is 17.7 Å². The van der Waals surface area contributed by atoms with Crippen LogP contribution in [0, 0.1) is 11.6 Å². The van der Waals surface area contributed by atoms with E-state index >= 15 is 0 Å². The molecule has 1 N–H and O–H groups in total. The minimum atomic E-state index is -1.13.